The summed E-state index contributed by atoms with van der Waals surface area (Å²) in [7, 11) is 1.65. The molecule has 0 aliphatic carbocycles. The van der Waals surface area contributed by atoms with Gasteiger partial charge in [0.1, 0.15) is 0 Å². The number of carbonyl (C=O) groups is 1. The molecular weight excluding hydrogens is 256 g/mol. The van der Waals surface area contributed by atoms with Crippen LogP contribution in [0, 0.1) is 0 Å². The van der Waals surface area contributed by atoms with E-state index in [1.807, 2.05) is 18.2 Å². The van der Waals surface area contributed by atoms with Crippen LogP contribution < -0.4 is 10.6 Å². The van der Waals surface area contributed by atoms with Gasteiger partial charge in [-0.1, -0.05) is 34.1 Å². The van der Waals surface area contributed by atoms with E-state index >= 15 is 0 Å². The van der Waals surface area contributed by atoms with Gasteiger partial charge in [-0.3, -0.25) is 4.79 Å². The number of hydrogen-bond acceptors (Lipinski definition) is 2. The smallest absolute Gasteiger partial charge is 0.221 e. The number of rotatable bonds is 5. The van der Waals surface area contributed by atoms with Gasteiger partial charge in [0.2, 0.25) is 5.91 Å². The Bertz CT molecular complexity index is 328. The fraction of sp³-hybridized carbons (Fsp3) is 0.364. The van der Waals surface area contributed by atoms with Gasteiger partial charge >= 0.3 is 0 Å². The summed E-state index contributed by atoms with van der Waals surface area (Å²) >= 11 is 3.47. The second kappa shape index (κ2) is 6.58. The monoisotopic (exact) mass is 270 g/mol. The van der Waals surface area contributed by atoms with E-state index in [1.165, 1.54) is 5.56 Å². The Balaban J connectivity index is 2.26. The predicted octanol–water partition coefficient (Wildman–Crippen LogP) is 1.67. The van der Waals surface area contributed by atoms with Gasteiger partial charge < -0.3 is 10.6 Å². The Morgan fingerprint density at radius 1 is 1.40 bits per heavy atom. The van der Waals surface area contributed by atoms with E-state index < -0.39 is 0 Å². The van der Waals surface area contributed by atoms with E-state index in [0.717, 1.165) is 11.0 Å². The maximum atomic E-state index is 10.9. The Kier molecular flexibility index (Phi) is 5.36. The molecule has 2 N–H and O–H groups in total. The van der Waals surface area contributed by atoms with Crippen LogP contribution in [0.5, 0.6) is 0 Å². The highest BCUT2D eigenvalue weighted by atomic mass is 79.9. The van der Waals surface area contributed by atoms with E-state index in [4.69, 9.17) is 0 Å². The Hall–Kier alpha value is -0.870. The number of benzene rings is 1. The molecule has 0 radical (unpaired) electrons. The summed E-state index contributed by atoms with van der Waals surface area (Å²) in [6.07, 6.45) is 0.515. The lowest BCUT2D eigenvalue weighted by molar-refractivity contribution is -0.120. The summed E-state index contributed by atoms with van der Waals surface area (Å²) in [6, 6.07) is 8.05. The average molecular weight is 271 g/mol. The molecule has 0 spiro atoms. The number of nitrogens with one attached hydrogen (secondary N) is 2. The molecular formula is C11H15BrN2O. The van der Waals surface area contributed by atoms with Crippen LogP contribution in [0.3, 0.4) is 0 Å². The molecule has 0 aliphatic heterocycles. The zero-order valence-electron chi connectivity index (χ0n) is 8.72. The number of carbonyl (C=O) groups excluding carboxylic acids is 1. The normalized spacial score (nSPS) is 10.0. The van der Waals surface area contributed by atoms with Crippen molar-refractivity contribution in [3.63, 3.8) is 0 Å². The van der Waals surface area contributed by atoms with Crippen molar-refractivity contribution in [2.24, 2.45) is 0 Å². The summed E-state index contributed by atoms with van der Waals surface area (Å²) < 4.78 is 1.09. The third kappa shape index (κ3) is 4.44. The van der Waals surface area contributed by atoms with Crippen molar-refractivity contribution in [3.05, 3.63) is 34.3 Å². The van der Waals surface area contributed by atoms with Gasteiger partial charge in [0, 0.05) is 31.0 Å². The molecule has 0 unspecified atom stereocenters. The highest BCUT2D eigenvalue weighted by Gasteiger charge is 1.99. The van der Waals surface area contributed by atoms with Crippen LogP contribution in [-0.2, 0) is 11.3 Å². The van der Waals surface area contributed by atoms with Crippen molar-refractivity contribution in [2.75, 3.05) is 13.6 Å². The summed E-state index contributed by atoms with van der Waals surface area (Å²) in [6.45, 7) is 1.47. The molecule has 0 heterocycles. The average Bonchev–Trinajstić information content (AvgIpc) is 2.26. The Morgan fingerprint density at radius 3 is 2.80 bits per heavy atom. The van der Waals surface area contributed by atoms with Gasteiger partial charge in [-0.2, -0.15) is 0 Å². The largest absolute Gasteiger partial charge is 0.359 e. The molecule has 0 saturated carbocycles. The van der Waals surface area contributed by atoms with Gasteiger partial charge in [0.25, 0.3) is 0 Å². The van der Waals surface area contributed by atoms with Gasteiger partial charge in [0.15, 0.2) is 0 Å². The van der Waals surface area contributed by atoms with Gasteiger partial charge in [-0.25, -0.2) is 0 Å². The van der Waals surface area contributed by atoms with Gasteiger partial charge in [0.05, 0.1) is 0 Å². The highest BCUT2D eigenvalue weighted by molar-refractivity contribution is 9.10. The Morgan fingerprint density at radius 2 is 2.13 bits per heavy atom. The SMILES string of the molecule is CNC(=O)CCNCc1ccccc1Br. The molecule has 0 aliphatic rings. The first-order chi connectivity index (χ1) is 7.24. The van der Waals surface area contributed by atoms with Crippen LogP contribution in [0.25, 0.3) is 0 Å². The maximum Gasteiger partial charge on any atom is 0.221 e. The fourth-order valence-electron chi connectivity index (χ4n) is 1.19. The summed E-state index contributed by atoms with van der Waals surface area (Å²) in [4.78, 5) is 10.9. The molecule has 82 valence electrons. The van der Waals surface area contributed by atoms with Gasteiger partial charge in [-0.15, -0.1) is 0 Å². The standard InChI is InChI=1S/C11H15BrN2O/c1-13-11(15)6-7-14-8-9-4-2-3-5-10(9)12/h2-5,14H,6-8H2,1H3,(H,13,15). The molecule has 0 atom stereocenters. The minimum atomic E-state index is 0.0645. The van der Waals surface area contributed by atoms with Crippen molar-refractivity contribution < 1.29 is 4.79 Å². The lowest BCUT2D eigenvalue weighted by Crippen LogP contribution is -2.24. The molecule has 1 amide bonds. The van der Waals surface area contributed by atoms with Crippen molar-refractivity contribution in [3.8, 4) is 0 Å². The van der Waals surface area contributed by atoms with E-state index in [0.29, 0.717) is 13.0 Å². The molecule has 0 aromatic heterocycles. The maximum absolute atomic E-state index is 10.9. The van der Waals surface area contributed by atoms with Crippen molar-refractivity contribution in [1.29, 1.82) is 0 Å². The quantitative estimate of drug-likeness (QED) is 0.800. The van der Waals surface area contributed by atoms with Crippen molar-refractivity contribution in [2.45, 2.75) is 13.0 Å². The van der Waals surface area contributed by atoms with E-state index in [9.17, 15) is 4.79 Å². The second-order valence-corrected chi connectivity index (χ2v) is 4.05. The molecule has 3 nitrogen and oxygen atoms in total. The molecule has 1 aromatic carbocycles. The van der Waals surface area contributed by atoms with Crippen LogP contribution in [-0.4, -0.2) is 19.5 Å². The first kappa shape index (κ1) is 12.2. The molecule has 1 rings (SSSR count). The number of amides is 1. The van der Waals surface area contributed by atoms with Crippen molar-refractivity contribution in [1.82, 2.24) is 10.6 Å². The molecule has 1 aromatic rings. The minimum Gasteiger partial charge on any atom is -0.359 e. The second-order valence-electron chi connectivity index (χ2n) is 3.19. The van der Waals surface area contributed by atoms with E-state index in [2.05, 4.69) is 32.6 Å². The molecule has 0 bridgehead atoms. The van der Waals surface area contributed by atoms with Gasteiger partial charge in [-0.05, 0) is 11.6 Å². The first-order valence-corrected chi connectivity index (χ1v) is 5.68. The topological polar surface area (TPSA) is 41.1 Å². The zero-order chi connectivity index (χ0) is 11.1. The summed E-state index contributed by atoms with van der Waals surface area (Å²) in [5, 5.41) is 5.80. The third-order valence-corrected chi connectivity index (χ3v) is 2.85. The van der Waals surface area contributed by atoms with Crippen LogP contribution in [0.2, 0.25) is 0 Å². The van der Waals surface area contributed by atoms with Crippen LogP contribution in [0.1, 0.15) is 12.0 Å². The van der Waals surface area contributed by atoms with E-state index in [-0.39, 0.29) is 5.91 Å². The lowest BCUT2D eigenvalue weighted by atomic mass is 10.2. The molecule has 0 saturated heterocycles. The van der Waals surface area contributed by atoms with E-state index in [1.54, 1.807) is 7.05 Å². The van der Waals surface area contributed by atoms with Crippen LogP contribution in [0.15, 0.2) is 28.7 Å². The number of halogens is 1. The summed E-state index contributed by atoms with van der Waals surface area (Å²) in [5.41, 5.74) is 1.20. The molecule has 0 fully saturated rings. The minimum absolute atomic E-state index is 0.0645. The Labute approximate surface area is 98.4 Å². The predicted molar refractivity (Wildman–Crippen MR) is 64.5 cm³/mol. The summed E-state index contributed by atoms with van der Waals surface area (Å²) in [5.74, 6) is 0.0645. The first-order valence-electron chi connectivity index (χ1n) is 4.88. The lowest BCUT2D eigenvalue weighted by Gasteiger charge is -2.06. The fourth-order valence-corrected chi connectivity index (χ4v) is 1.62. The van der Waals surface area contributed by atoms with Crippen LogP contribution >= 0.6 is 15.9 Å². The molecule has 15 heavy (non-hydrogen) atoms. The highest BCUT2D eigenvalue weighted by Crippen LogP contribution is 2.15. The number of hydrogen-bond donors (Lipinski definition) is 2. The third-order valence-electron chi connectivity index (χ3n) is 2.08. The zero-order valence-corrected chi connectivity index (χ0v) is 10.3. The molecule has 4 heteroatoms. The van der Waals surface area contributed by atoms with Crippen molar-refractivity contribution >= 4 is 21.8 Å². The van der Waals surface area contributed by atoms with Crippen LogP contribution in [0.4, 0.5) is 0 Å².